The number of nitrogens with one attached hydrogen (secondary N) is 2. The molecule has 0 fully saturated rings. The van der Waals surface area contributed by atoms with Crippen molar-refractivity contribution in [3.63, 3.8) is 0 Å². The summed E-state index contributed by atoms with van der Waals surface area (Å²) >= 11 is 17.9. The third kappa shape index (κ3) is 4.37. The maximum absolute atomic E-state index is 13.9. The fourth-order valence-electron chi connectivity index (χ4n) is 3.80. The fraction of sp³-hybridized carbons (Fsp3) is 0.0417. The number of anilines is 1. The molecule has 2 heterocycles. The van der Waals surface area contributed by atoms with Crippen LogP contribution in [-0.4, -0.2) is 20.6 Å². The third-order valence-corrected chi connectivity index (χ3v) is 6.27. The number of hydrogen-bond donors (Lipinski definition) is 2. The topological polar surface area (TPSA) is 94.8 Å². The molecule has 0 bridgehead atoms. The average molecular weight is 523 g/mol. The number of urea groups is 1. The van der Waals surface area contributed by atoms with E-state index in [0.717, 1.165) is 5.01 Å². The second-order valence-electron chi connectivity index (χ2n) is 7.56. The van der Waals surface area contributed by atoms with Gasteiger partial charge in [-0.3, -0.25) is 14.7 Å². The van der Waals surface area contributed by atoms with Crippen molar-refractivity contribution >= 4 is 53.0 Å². The van der Waals surface area contributed by atoms with E-state index < -0.39 is 17.6 Å². The number of aromatic amines is 1. The van der Waals surface area contributed by atoms with Crippen LogP contribution >= 0.6 is 35.4 Å². The minimum Gasteiger partial charge on any atom is -0.318 e. The van der Waals surface area contributed by atoms with Gasteiger partial charge < -0.3 is 4.98 Å². The molecule has 174 valence electrons. The van der Waals surface area contributed by atoms with Crippen LogP contribution in [0.1, 0.15) is 17.2 Å². The van der Waals surface area contributed by atoms with E-state index in [9.17, 15) is 9.59 Å². The monoisotopic (exact) mass is 522 g/mol. The van der Waals surface area contributed by atoms with Crippen LogP contribution in [0.15, 0.2) is 94.0 Å². The number of hydrogen-bond acceptors (Lipinski definition) is 5. The number of carbonyl (C=O) groups is 1. The quantitative estimate of drug-likeness (QED) is 0.227. The summed E-state index contributed by atoms with van der Waals surface area (Å²) in [6.45, 7) is 0. The fourth-order valence-corrected chi connectivity index (χ4v) is 4.46. The molecule has 1 aromatic heterocycles. The molecule has 35 heavy (non-hydrogen) atoms. The Hall–Kier alpha value is -3.79. The lowest BCUT2D eigenvalue weighted by Gasteiger charge is -2.33. The van der Waals surface area contributed by atoms with Crippen molar-refractivity contribution in [3.8, 4) is 5.69 Å². The Morgan fingerprint density at radius 3 is 2.29 bits per heavy atom. The highest BCUT2D eigenvalue weighted by molar-refractivity contribution is 7.71. The van der Waals surface area contributed by atoms with E-state index in [1.807, 2.05) is 6.07 Å². The molecule has 0 radical (unpaired) electrons. The molecule has 0 saturated heterocycles. The molecule has 0 saturated carbocycles. The number of nitrogens with zero attached hydrogens (tertiary/aromatic N) is 4. The van der Waals surface area contributed by atoms with Crippen LogP contribution in [0.3, 0.4) is 0 Å². The zero-order chi connectivity index (χ0) is 24.5. The van der Waals surface area contributed by atoms with E-state index in [1.54, 1.807) is 72.8 Å². The Kier molecular flexibility index (Phi) is 6.21. The van der Waals surface area contributed by atoms with Gasteiger partial charge in [0.2, 0.25) is 0 Å². The molecule has 5 rings (SSSR count). The number of halogens is 2. The van der Waals surface area contributed by atoms with Crippen molar-refractivity contribution in [2.45, 2.75) is 6.04 Å². The Labute approximate surface area is 214 Å². The molecule has 1 aliphatic rings. The predicted molar refractivity (Wildman–Crippen MR) is 137 cm³/mol. The molecule has 11 heteroatoms. The van der Waals surface area contributed by atoms with Crippen LogP contribution in [0.25, 0.3) is 5.69 Å². The second-order valence-corrected chi connectivity index (χ2v) is 8.79. The first kappa shape index (κ1) is 23.0. The van der Waals surface area contributed by atoms with Gasteiger partial charge in [0, 0.05) is 15.6 Å². The zero-order valence-electron chi connectivity index (χ0n) is 17.9. The average Bonchev–Trinajstić information content (AvgIpc) is 2.85. The Morgan fingerprint density at radius 2 is 1.57 bits per heavy atom. The van der Waals surface area contributed by atoms with Crippen molar-refractivity contribution in [2.24, 2.45) is 10.3 Å². The Balaban J connectivity index is 1.73. The number of carbonyl (C=O) groups excluding carboxylic acids is 1. The molecule has 3 aromatic carbocycles. The largest absolute Gasteiger partial charge is 0.345 e. The van der Waals surface area contributed by atoms with Crippen LogP contribution in [0.4, 0.5) is 16.3 Å². The molecule has 8 nitrogen and oxygen atoms in total. The van der Waals surface area contributed by atoms with Gasteiger partial charge in [-0.25, -0.2) is 4.79 Å². The third-order valence-electron chi connectivity index (χ3n) is 5.39. The van der Waals surface area contributed by atoms with E-state index in [-0.39, 0.29) is 16.2 Å². The number of rotatable bonds is 4. The first-order valence-corrected chi connectivity index (χ1v) is 11.6. The lowest BCUT2D eigenvalue weighted by Crippen LogP contribution is -2.44. The molecule has 0 aliphatic carbocycles. The van der Waals surface area contributed by atoms with Gasteiger partial charge in [0.25, 0.3) is 5.56 Å². The molecular formula is C24H16Cl2N6O2S. The summed E-state index contributed by atoms with van der Waals surface area (Å²) in [5, 5.41) is 13.0. The van der Waals surface area contributed by atoms with E-state index in [2.05, 4.69) is 20.6 Å². The molecule has 4 aromatic rings. The van der Waals surface area contributed by atoms with Gasteiger partial charge >= 0.3 is 6.03 Å². The van der Waals surface area contributed by atoms with Crippen LogP contribution < -0.4 is 10.9 Å². The molecule has 2 amide bonds. The van der Waals surface area contributed by atoms with Crippen molar-refractivity contribution in [1.29, 1.82) is 0 Å². The minimum atomic E-state index is -0.974. The minimum absolute atomic E-state index is 0.134. The first-order valence-electron chi connectivity index (χ1n) is 10.4. The van der Waals surface area contributed by atoms with E-state index in [1.165, 1.54) is 4.57 Å². The lowest BCUT2D eigenvalue weighted by atomic mass is 9.98. The van der Waals surface area contributed by atoms with E-state index >= 15 is 0 Å². The lowest BCUT2D eigenvalue weighted by molar-refractivity contribution is 0.192. The van der Waals surface area contributed by atoms with Crippen LogP contribution in [0.5, 0.6) is 0 Å². The highest BCUT2D eigenvalue weighted by atomic mass is 35.5. The number of H-pyrrole nitrogens is 1. The van der Waals surface area contributed by atoms with E-state index in [0.29, 0.717) is 27.0 Å². The summed E-state index contributed by atoms with van der Waals surface area (Å²) in [6, 6.07) is 21.0. The summed E-state index contributed by atoms with van der Waals surface area (Å²) in [4.78, 5) is 30.0. The van der Waals surface area contributed by atoms with Crippen molar-refractivity contribution < 1.29 is 4.79 Å². The summed E-state index contributed by atoms with van der Waals surface area (Å²) in [5.74, 6) is 0.181. The van der Waals surface area contributed by atoms with Crippen molar-refractivity contribution in [2.75, 3.05) is 5.32 Å². The van der Waals surface area contributed by atoms with Gasteiger partial charge in [-0.05, 0) is 54.7 Å². The van der Waals surface area contributed by atoms with Crippen LogP contribution in [0, 0.1) is 4.77 Å². The maximum atomic E-state index is 13.9. The second kappa shape index (κ2) is 9.46. The molecule has 1 aliphatic heterocycles. The van der Waals surface area contributed by atoms with Crippen molar-refractivity contribution in [1.82, 2.24) is 14.6 Å². The molecule has 1 unspecified atom stereocenters. The van der Waals surface area contributed by atoms with Crippen molar-refractivity contribution in [3.05, 3.63) is 115 Å². The molecular weight excluding hydrogens is 507 g/mol. The zero-order valence-corrected chi connectivity index (χ0v) is 20.2. The summed E-state index contributed by atoms with van der Waals surface area (Å²) in [7, 11) is 0. The highest BCUT2D eigenvalue weighted by Gasteiger charge is 2.39. The molecule has 1 atom stereocenters. The Morgan fingerprint density at radius 1 is 0.886 bits per heavy atom. The standard InChI is InChI=1S/C24H16Cl2N6O2S/c25-14-10-12-15(13-11-14)29-30-32-20(17-8-4-5-9-18(17)26)19-21(27-23(32)34)28-24(35)31(22(19)33)16-6-2-1-3-7-16/h1-13,20H,(H,27,34)(H,28,35). The number of amides is 2. The van der Waals surface area contributed by atoms with Crippen LogP contribution in [-0.2, 0) is 0 Å². The summed E-state index contributed by atoms with van der Waals surface area (Å²) in [6.07, 6.45) is 0. The number of benzene rings is 3. The number of aromatic nitrogens is 2. The normalized spacial score (nSPS) is 15.2. The van der Waals surface area contributed by atoms with Gasteiger partial charge in [-0.2, -0.15) is 5.01 Å². The van der Waals surface area contributed by atoms with E-state index in [4.69, 9.17) is 35.4 Å². The first-order chi connectivity index (χ1) is 16.9. The van der Waals surface area contributed by atoms with Crippen LogP contribution in [0.2, 0.25) is 10.0 Å². The highest BCUT2D eigenvalue weighted by Crippen LogP contribution is 2.38. The van der Waals surface area contributed by atoms with Gasteiger partial charge in [-0.1, -0.05) is 64.8 Å². The smallest absolute Gasteiger partial charge is 0.318 e. The van der Waals surface area contributed by atoms with Gasteiger partial charge in [-0.15, -0.1) is 5.11 Å². The molecule has 2 N–H and O–H groups in total. The Bertz CT molecular complexity index is 1570. The number of para-hydroxylation sites is 1. The van der Waals surface area contributed by atoms with Gasteiger partial charge in [0.1, 0.15) is 11.9 Å². The summed E-state index contributed by atoms with van der Waals surface area (Å²) < 4.78 is 1.50. The maximum Gasteiger partial charge on any atom is 0.345 e. The SMILES string of the molecule is O=C1Nc2[nH]c(=S)n(-c3ccccc3)c(=O)c2C(c2ccccc2Cl)N1N=Nc1ccc(Cl)cc1. The van der Waals surface area contributed by atoms with Gasteiger partial charge in [0.15, 0.2) is 4.77 Å². The molecule has 0 spiro atoms. The number of fused-ring (bicyclic) bond motifs is 1. The summed E-state index contributed by atoms with van der Waals surface area (Å²) in [5.41, 5.74) is 1.34. The van der Waals surface area contributed by atoms with Gasteiger partial charge in [0.05, 0.1) is 16.9 Å². The predicted octanol–water partition coefficient (Wildman–Crippen LogP) is 6.84.